The molecule has 2 aromatic rings. The first-order chi connectivity index (χ1) is 11.6. The van der Waals surface area contributed by atoms with Gasteiger partial charge in [0, 0.05) is 17.5 Å². The molecule has 0 spiro atoms. The SMILES string of the molecule is CC[C@H](c1ccc(O)cc1)c1cc2c(cc1OCC(=O)O)OCO2. The average Bonchev–Trinajstić information content (AvgIpc) is 3.02. The topological polar surface area (TPSA) is 85.2 Å². The van der Waals surface area contributed by atoms with Gasteiger partial charge in [-0.15, -0.1) is 0 Å². The number of aliphatic carboxylic acids is 1. The number of ether oxygens (including phenoxy) is 3. The molecule has 0 unspecified atom stereocenters. The maximum absolute atomic E-state index is 10.9. The third kappa shape index (κ3) is 3.22. The normalized spacial score (nSPS) is 13.5. The molecule has 1 heterocycles. The summed E-state index contributed by atoms with van der Waals surface area (Å²) < 4.78 is 16.3. The Balaban J connectivity index is 2.02. The summed E-state index contributed by atoms with van der Waals surface area (Å²) in [5, 5.41) is 18.4. The van der Waals surface area contributed by atoms with Crippen LogP contribution in [0, 0.1) is 0 Å². The van der Waals surface area contributed by atoms with Gasteiger partial charge in [-0.05, 0) is 30.2 Å². The summed E-state index contributed by atoms with van der Waals surface area (Å²) >= 11 is 0. The van der Waals surface area contributed by atoms with Gasteiger partial charge in [0.05, 0.1) is 0 Å². The first kappa shape index (κ1) is 16.0. The second-order valence-electron chi connectivity index (χ2n) is 5.48. The van der Waals surface area contributed by atoms with Gasteiger partial charge in [0.25, 0.3) is 0 Å². The number of benzene rings is 2. The molecule has 1 atom stereocenters. The largest absolute Gasteiger partial charge is 0.508 e. The molecule has 0 amide bonds. The number of hydrogen-bond acceptors (Lipinski definition) is 5. The number of carboxylic acid groups (broad SMARTS) is 1. The number of hydrogen-bond donors (Lipinski definition) is 2. The molecule has 1 aliphatic heterocycles. The Hall–Kier alpha value is -2.89. The average molecular weight is 330 g/mol. The van der Waals surface area contributed by atoms with Gasteiger partial charge in [0.15, 0.2) is 18.1 Å². The van der Waals surface area contributed by atoms with Crippen molar-refractivity contribution < 1.29 is 29.2 Å². The van der Waals surface area contributed by atoms with Gasteiger partial charge in [-0.2, -0.15) is 0 Å². The third-order valence-electron chi connectivity index (χ3n) is 3.94. The summed E-state index contributed by atoms with van der Waals surface area (Å²) in [6.07, 6.45) is 0.772. The summed E-state index contributed by atoms with van der Waals surface area (Å²) in [4.78, 5) is 10.9. The summed E-state index contributed by atoms with van der Waals surface area (Å²) in [5.74, 6) is 0.744. The maximum Gasteiger partial charge on any atom is 0.341 e. The van der Waals surface area contributed by atoms with E-state index in [-0.39, 0.29) is 18.5 Å². The van der Waals surface area contributed by atoms with E-state index in [1.807, 2.05) is 25.1 Å². The maximum atomic E-state index is 10.9. The van der Waals surface area contributed by atoms with Gasteiger partial charge >= 0.3 is 5.97 Å². The van der Waals surface area contributed by atoms with Crippen LogP contribution < -0.4 is 14.2 Å². The van der Waals surface area contributed by atoms with Crippen LogP contribution in [0.25, 0.3) is 0 Å². The molecule has 0 saturated carbocycles. The van der Waals surface area contributed by atoms with E-state index in [2.05, 4.69) is 0 Å². The fourth-order valence-electron chi connectivity index (χ4n) is 2.82. The minimum absolute atomic E-state index is 0.0242. The van der Waals surface area contributed by atoms with Crippen molar-refractivity contribution in [3.8, 4) is 23.0 Å². The Bertz CT molecular complexity index is 738. The highest BCUT2D eigenvalue weighted by Crippen LogP contribution is 2.43. The van der Waals surface area contributed by atoms with Crippen molar-refractivity contribution in [1.29, 1.82) is 0 Å². The van der Waals surface area contributed by atoms with Crippen LogP contribution in [-0.2, 0) is 4.79 Å². The predicted octanol–water partition coefficient (Wildman–Crippen LogP) is 3.13. The lowest BCUT2D eigenvalue weighted by Crippen LogP contribution is -2.12. The van der Waals surface area contributed by atoms with Crippen molar-refractivity contribution in [1.82, 2.24) is 0 Å². The molecule has 0 radical (unpaired) electrons. The molecule has 0 saturated heterocycles. The standard InChI is InChI=1S/C18H18O6/c1-2-13(11-3-5-12(19)6-4-11)14-7-16-17(24-10-23-16)8-15(14)22-9-18(20)21/h3-8,13,19H,2,9-10H2,1H3,(H,20,21)/t13-/m1/s1. The summed E-state index contributed by atoms with van der Waals surface area (Å²) in [6.45, 7) is 1.73. The van der Waals surface area contributed by atoms with Crippen molar-refractivity contribution in [2.75, 3.05) is 13.4 Å². The summed E-state index contributed by atoms with van der Waals surface area (Å²) in [7, 11) is 0. The van der Waals surface area contributed by atoms with Crippen LogP contribution in [0.2, 0.25) is 0 Å². The number of rotatable bonds is 6. The Morgan fingerprint density at radius 1 is 1.21 bits per heavy atom. The van der Waals surface area contributed by atoms with E-state index in [1.165, 1.54) is 0 Å². The van der Waals surface area contributed by atoms with E-state index >= 15 is 0 Å². The smallest absolute Gasteiger partial charge is 0.341 e. The second-order valence-corrected chi connectivity index (χ2v) is 5.48. The molecule has 126 valence electrons. The number of phenolic OH excluding ortho intramolecular Hbond substituents is 1. The molecule has 0 aliphatic carbocycles. The second kappa shape index (κ2) is 6.70. The monoisotopic (exact) mass is 330 g/mol. The van der Waals surface area contributed by atoms with E-state index in [9.17, 15) is 9.90 Å². The Kier molecular flexibility index (Phi) is 4.46. The molecule has 0 bridgehead atoms. The highest BCUT2D eigenvalue weighted by molar-refractivity contribution is 5.68. The van der Waals surface area contributed by atoms with Crippen LogP contribution in [0.3, 0.4) is 0 Å². The summed E-state index contributed by atoms with van der Waals surface area (Å²) in [6, 6.07) is 10.4. The van der Waals surface area contributed by atoms with Gasteiger partial charge in [-0.1, -0.05) is 19.1 Å². The lowest BCUT2D eigenvalue weighted by molar-refractivity contribution is -0.139. The zero-order chi connectivity index (χ0) is 17.1. The number of fused-ring (bicyclic) bond motifs is 1. The van der Waals surface area contributed by atoms with Crippen LogP contribution in [0.4, 0.5) is 0 Å². The van der Waals surface area contributed by atoms with E-state index in [4.69, 9.17) is 19.3 Å². The molecule has 3 rings (SSSR count). The minimum Gasteiger partial charge on any atom is -0.508 e. The van der Waals surface area contributed by atoms with E-state index in [1.54, 1.807) is 18.2 Å². The Morgan fingerprint density at radius 2 is 1.88 bits per heavy atom. The Morgan fingerprint density at radius 3 is 2.50 bits per heavy atom. The molecule has 1 aliphatic rings. The first-order valence-corrected chi connectivity index (χ1v) is 7.65. The lowest BCUT2D eigenvalue weighted by atomic mass is 9.88. The zero-order valence-corrected chi connectivity index (χ0v) is 13.2. The van der Waals surface area contributed by atoms with Crippen LogP contribution in [-0.4, -0.2) is 29.6 Å². The molecule has 2 N–H and O–H groups in total. The van der Waals surface area contributed by atoms with Gasteiger partial charge in [0.2, 0.25) is 6.79 Å². The van der Waals surface area contributed by atoms with Gasteiger partial charge < -0.3 is 24.4 Å². The molecule has 24 heavy (non-hydrogen) atoms. The quantitative estimate of drug-likeness (QED) is 0.846. The lowest BCUT2D eigenvalue weighted by Gasteiger charge is -2.20. The highest BCUT2D eigenvalue weighted by atomic mass is 16.7. The molecule has 6 nitrogen and oxygen atoms in total. The summed E-state index contributed by atoms with van der Waals surface area (Å²) in [5.41, 5.74) is 1.82. The molecule has 0 fully saturated rings. The fraction of sp³-hybridized carbons (Fsp3) is 0.278. The minimum atomic E-state index is -1.05. The number of carboxylic acids is 1. The first-order valence-electron chi connectivity index (χ1n) is 7.65. The molecular formula is C18H18O6. The van der Waals surface area contributed by atoms with Crippen molar-refractivity contribution in [3.05, 3.63) is 47.5 Å². The van der Waals surface area contributed by atoms with Gasteiger partial charge in [-0.3, -0.25) is 0 Å². The number of aromatic hydroxyl groups is 1. The van der Waals surface area contributed by atoms with E-state index in [0.717, 1.165) is 17.5 Å². The van der Waals surface area contributed by atoms with Crippen molar-refractivity contribution in [3.63, 3.8) is 0 Å². The van der Waals surface area contributed by atoms with Crippen LogP contribution in [0.5, 0.6) is 23.0 Å². The number of phenols is 1. The molecule has 0 aromatic heterocycles. The zero-order valence-electron chi connectivity index (χ0n) is 13.2. The predicted molar refractivity (Wildman–Crippen MR) is 85.9 cm³/mol. The number of carbonyl (C=O) groups is 1. The third-order valence-corrected chi connectivity index (χ3v) is 3.94. The van der Waals surface area contributed by atoms with Crippen molar-refractivity contribution in [2.24, 2.45) is 0 Å². The molecule has 2 aromatic carbocycles. The van der Waals surface area contributed by atoms with E-state index < -0.39 is 12.6 Å². The van der Waals surface area contributed by atoms with Crippen LogP contribution in [0.15, 0.2) is 36.4 Å². The van der Waals surface area contributed by atoms with Crippen molar-refractivity contribution in [2.45, 2.75) is 19.3 Å². The van der Waals surface area contributed by atoms with Crippen molar-refractivity contribution >= 4 is 5.97 Å². The van der Waals surface area contributed by atoms with Crippen LogP contribution >= 0.6 is 0 Å². The van der Waals surface area contributed by atoms with Crippen LogP contribution in [0.1, 0.15) is 30.4 Å². The van der Waals surface area contributed by atoms with E-state index in [0.29, 0.717) is 17.2 Å². The highest BCUT2D eigenvalue weighted by Gasteiger charge is 2.24. The Labute approximate surface area is 139 Å². The molecular weight excluding hydrogens is 312 g/mol. The van der Waals surface area contributed by atoms with Gasteiger partial charge in [0.1, 0.15) is 11.5 Å². The molecule has 6 heteroatoms. The fourth-order valence-corrected chi connectivity index (χ4v) is 2.82. The van der Waals surface area contributed by atoms with Gasteiger partial charge in [-0.25, -0.2) is 4.79 Å².